The molecule has 152 valence electrons. The molecule has 1 aromatic heterocycles. The Kier molecular flexibility index (Phi) is 6.40. The molecule has 29 heavy (non-hydrogen) atoms. The highest BCUT2D eigenvalue weighted by Gasteiger charge is 2.32. The molecule has 0 bridgehead atoms. The SMILES string of the molecule is OCCNc1nc(Nc2ccc(OC(F)(F)F)c(Cl)c2)cc(-c2ccccc2)n1. The van der Waals surface area contributed by atoms with Crippen molar-refractivity contribution in [2.24, 2.45) is 0 Å². The number of hydrogen-bond acceptors (Lipinski definition) is 6. The van der Waals surface area contributed by atoms with Crippen LogP contribution in [0.25, 0.3) is 11.3 Å². The van der Waals surface area contributed by atoms with Gasteiger partial charge in [0.2, 0.25) is 5.95 Å². The van der Waals surface area contributed by atoms with E-state index in [-0.39, 0.29) is 24.1 Å². The van der Waals surface area contributed by atoms with Crippen LogP contribution in [0.5, 0.6) is 5.75 Å². The molecule has 0 aliphatic carbocycles. The Morgan fingerprint density at radius 3 is 2.45 bits per heavy atom. The number of hydrogen-bond donors (Lipinski definition) is 3. The third kappa shape index (κ3) is 5.97. The second-order valence-electron chi connectivity index (χ2n) is 5.80. The number of ether oxygens (including phenoxy) is 1. The van der Waals surface area contributed by atoms with E-state index >= 15 is 0 Å². The number of rotatable bonds is 7. The number of aliphatic hydroxyl groups excluding tert-OH is 1. The standard InChI is InChI=1S/C19H16ClF3N4O2/c20-14-10-13(6-7-16(14)29-19(21,22)23)25-17-11-15(12-4-2-1-3-5-12)26-18(27-17)24-8-9-28/h1-7,10-11,28H,8-9H2,(H2,24,25,26,27). The maximum atomic E-state index is 12.4. The predicted molar refractivity (Wildman–Crippen MR) is 104 cm³/mol. The Hall–Kier alpha value is -3.04. The molecule has 3 rings (SSSR count). The Morgan fingerprint density at radius 2 is 1.79 bits per heavy atom. The highest BCUT2D eigenvalue weighted by atomic mass is 35.5. The van der Waals surface area contributed by atoms with E-state index < -0.39 is 12.1 Å². The summed E-state index contributed by atoms with van der Waals surface area (Å²) in [4.78, 5) is 8.71. The van der Waals surface area contributed by atoms with Gasteiger partial charge < -0.3 is 20.5 Å². The van der Waals surface area contributed by atoms with Gasteiger partial charge >= 0.3 is 6.36 Å². The van der Waals surface area contributed by atoms with E-state index in [9.17, 15) is 13.2 Å². The van der Waals surface area contributed by atoms with Crippen LogP contribution in [-0.4, -0.2) is 34.6 Å². The molecule has 6 nitrogen and oxygen atoms in total. The Morgan fingerprint density at radius 1 is 1.03 bits per heavy atom. The van der Waals surface area contributed by atoms with Crippen LogP contribution in [0.3, 0.4) is 0 Å². The molecule has 0 aliphatic rings. The van der Waals surface area contributed by atoms with E-state index in [0.717, 1.165) is 11.6 Å². The van der Waals surface area contributed by atoms with Crippen LogP contribution in [0.2, 0.25) is 5.02 Å². The normalized spacial score (nSPS) is 11.2. The maximum Gasteiger partial charge on any atom is 0.573 e. The van der Waals surface area contributed by atoms with Crippen LogP contribution in [0.4, 0.5) is 30.6 Å². The van der Waals surface area contributed by atoms with Crippen molar-refractivity contribution >= 4 is 29.1 Å². The largest absolute Gasteiger partial charge is 0.573 e. The van der Waals surface area contributed by atoms with Crippen LogP contribution < -0.4 is 15.4 Å². The molecular weight excluding hydrogens is 409 g/mol. The van der Waals surface area contributed by atoms with Crippen LogP contribution in [0.15, 0.2) is 54.6 Å². The number of benzene rings is 2. The number of aliphatic hydroxyl groups is 1. The molecule has 0 spiro atoms. The Balaban J connectivity index is 1.88. The van der Waals surface area contributed by atoms with Crippen molar-refractivity contribution in [3.63, 3.8) is 0 Å². The lowest BCUT2D eigenvalue weighted by Gasteiger charge is -2.13. The molecule has 2 aromatic carbocycles. The summed E-state index contributed by atoms with van der Waals surface area (Å²) in [7, 11) is 0. The second-order valence-corrected chi connectivity index (χ2v) is 6.20. The zero-order valence-electron chi connectivity index (χ0n) is 14.9. The third-order valence-electron chi connectivity index (χ3n) is 3.62. The summed E-state index contributed by atoms with van der Waals surface area (Å²) in [5.41, 5.74) is 1.87. The monoisotopic (exact) mass is 424 g/mol. The van der Waals surface area contributed by atoms with Gasteiger partial charge in [-0.1, -0.05) is 41.9 Å². The van der Waals surface area contributed by atoms with E-state index in [4.69, 9.17) is 16.7 Å². The first-order valence-corrected chi connectivity index (χ1v) is 8.83. The molecule has 3 aromatic rings. The van der Waals surface area contributed by atoms with Crippen molar-refractivity contribution in [3.8, 4) is 17.0 Å². The lowest BCUT2D eigenvalue weighted by molar-refractivity contribution is -0.274. The van der Waals surface area contributed by atoms with Crippen LogP contribution in [0, 0.1) is 0 Å². The summed E-state index contributed by atoms with van der Waals surface area (Å²) < 4.78 is 41.0. The number of anilines is 3. The molecule has 0 radical (unpaired) electrons. The molecule has 0 unspecified atom stereocenters. The van der Waals surface area contributed by atoms with Crippen molar-refractivity contribution in [2.45, 2.75) is 6.36 Å². The lowest BCUT2D eigenvalue weighted by atomic mass is 10.1. The number of aromatic nitrogens is 2. The van der Waals surface area contributed by atoms with Crippen molar-refractivity contribution in [1.29, 1.82) is 0 Å². The highest BCUT2D eigenvalue weighted by molar-refractivity contribution is 6.32. The highest BCUT2D eigenvalue weighted by Crippen LogP contribution is 2.33. The Bertz CT molecular complexity index is 971. The zero-order valence-corrected chi connectivity index (χ0v) is 15.6. The average Bonchev–Trinajstić information content (AvgIpc) is 2.68. The van der Waals surface area contributed by atoms with Gasteiger partial charge in [0, 0.05) is 23.9 Å². The van der Waals surface area contributed by atoms with E-state index in [1.807, 2.05) is 30.3 Å². The molecule has 10 heteroatoms. The van der Waals surface area contributed by atoms with Crippen molar-refractivity contribution in [1.82, 2.24) is 9.97 Å². The fraction of sp³-hybridized carbons (Fsp3) is 0.158. The molecule has 0 fully saturated rings. The van der Waals surface area contributed by atoms with Gasteiger partial charge in [-0.15, -0.1) is 13.2 Å². The minimum absolute atomic E-state index is 0.0992. The van der Waals surface area contributed by atoms with Gasteiger partial charge in [0.15, 0.2) is 0 Å². The van der Waals surface area contributed by atoms with E-state index in [0.29, 0.717) is 17.2 Å². The number of alkyl halides is 3. The predicted octanol–water partition coefficient (Wildman–Crippen LogP) is 4.84. The van der Waals surface area contributed by atoms with Crippen LogP contribution >= 0.6 is 11.6 Å². The maximum absolute atomic E-state index is 12.4. The van der Waals surface area contributed by atoms with E-state index in [1.54, 1.807) is 6.07 Å². The first-order chi connectivity index (χ1) is 13.8. The van der Waals surface area contributed by atoms with E-state index in [2.05, 4.69) is 25.3 Å². The molecule has 0 saturated carbocycles. The van der Waals surface area contributed by atoms with Gasteiger partial charge in [0.1, 0.15) is 11.6 Å². The fourth-order valence-corrected chi connectivity index (χ4v) is 2.67. The topological polar surface area (TPSA) is 79.3 Å². The quantitative estimate of drug-likeness (QED) is 0.503. The molecule has 3 N–H and O–H groups in total. The first-order valence-electron chi connectivity index (χ1n) is 8.45. The number of nitrogens with zero attached hydrogens (tertiary/aromatic N) is 2. The molecule has 0 aliphatic heterocycles. The van der Waals surface area contributed by atoms with Gasteiger partial charge in [-0.25, -0.2) is 4.98 Å². The van der Waals surface area contributed by atoms with Gasteiger partial charge in [-0.2, -0.15) is 4.98 Å². The van der Waals surface area contributed by atoms with Crippen LogP contribution in [-0.2, 0) is 0 Å². The van der Waals surface area contributed by atoms with Crippen molar-refractivity contribution in [2.75, 3.05) is 23.8 Å². The lowest BCUT2D eigenvalue weighted by Crippen LogP contribution is -2.17. The zero-order chi connectivity index (χ0) is 20.9. The van der Waals surface area contributed by atoms with E-state index in [1.165, 1.54) is 12.1 Å². The second kappa shape index (κ2) is 8.97. The molecule has 0 atom stereocenters. The number of nitrogens with one attached hydrogen (secondary N) is 2. The summed E-state index contributed by atoms with van der Waals surface area (Å²) in [5.74, 6) is 0.175. The molecule has 0 amide bonds. The van der Waals surface area contributed by atoms with Crippen molar-refractivity contribution in [3.05, 3.63) is 59.6 Å². The van der Waals surface area contributed by atoms with Gasteiger partial charge in [0.25, 0.3) is 0 Å². The van der Waals surface area contributed by atoms with Crippen LogP contribution in [0.1, 0.15) is 0 Å². The fourth-order valence-electron chi connectivity index (χ4n) is 2.45. The summed E-state index contributed by atoms with van der Waals surface area (Å²) >= 11 is 5.89. The summed E-state index contributed by atoms with van der Waals surface area (Å²) in [5, 5.41) is 14.7. The van der Waals surface area contributed by atoms with Gasteiger partial charge in [-0.3, -0.25) is 0 Å². The number of halogens is 4. The molecular formula is C19H16ClF3N4O2. The first kappa shape index (κ1) is 20.7. The third-order valence-corrected chi connectivity index (χ3v) is 3.92. The summed E-state index contributed by atoms with van der Waals surface area (Å²) in [6.45, 7) is 0.158. The van der Waals surface area contributed by atoms with Gasteiger partial charge in [-0.05, 0) is 18.2 Å². The Labute approximate surface area is 169 Å². The minimum Gasteiger partial charge on any atom is -0.404 e. The average molecular weight is 425 g/mol. The minimum atomic E-state index is -4.83. The molecule has 1 heterocycles. The smallest absolute Gasteiger partial charge is 0.404 e. The summed E-state index contributed by atoms with van der Waals surface area (Å²) in [6.07, 6.45) is -4.83. The summed E-state index contributed by atoms with van der Waals surface area (Å²) in [6, 6.07) is 14.8. The molecule has 0 saturated heterocycles. The van der Waals surface area contributed by atoms with Crippen molar-refractivity contribution < 1.29 is 23.0 Å². The van der Waals surface area contributed by atoms with Gasteiger partial charge in [0.05, 0.1) is 17.3 Å².